The third kappa shape index (κ3) is 3.98. The third-order valence-corrected chi connectivity index (χ3v) is 2.87. The molecular weight excluding hydrogens is 246 g/mol. The molecule has 0 aliphatic heterocycles. The van der Waals surface area contributed by atoms with Crippen molar-refractivity contribution in [3.8, 4) is 0 Å². The molecule has 0 heterocycles. The van der Waals surface area contributed by atoms with Gasteiger partial charge >= 0.3 is 6.18 Å². The highest BCUT2D eigenvalue weighted by Gasteiger charge is 2.34. The van der Waals surface area contributed by atoms with Gasteiger partial charge in [-0.25, -0.2) is 4.39 Å². The molecule has 0 saturated heterocycles. The van der Waals surface area contributed by atoms with Crippen LogP contribution < -0.4 is 5.32 Å². The number of alkyl halides is 3. The lowest BCUT2D eigenvalue weighted by atomic mass is 9.95. The Morgan fingerprint density at radius 2 is 1.94 bits per heavy atom. The van der Waals surface area contributed by atoms with Crippen molar-refractivity contribution in [2.24, 2.45) is 0 Å². The fraction of sp³-hybridized carbons (Fsp3) is 0.538. The first-order chi connectivity index (χ1) is 8.36. The SMILES string of the molecule is CCNCCC(C)c1ccc(F)c(C(F)(F)F)c1. The lowest BCUT2D eigenvalue weighted by molar-refractivity contribution is -0.140. The van der Waals surface area contributed by atoms with Crippen LogP contribution in [0.15, 0.2) is 18.2 Å². The summed E-state index contributed by atoms with van der Waals surface area (Å²) in [4.78, 5) is 0. The van der Waals surface area contributed by atoms with Crippen LogP contribution >= 0.6 is 0 Å². The largest absolute Gasteiger partial charge is 0.419 e. The molecular formula is C13H17F4N. The molecule has 0 aliphatic rings. The number of benzene rings is 1. The predicted molar refractivity (Wildman–Crippen MR) is 63.0 cm³/mol. The van der Waals surface area contributed by atoms with Crippen LogP contribution in [0.25, 0.3) is 0 Å². The molecule has 0 bridgehead atoms. The van der Waals surface area contributed by atoms with Crippen LogP contribution in [-0.4, -0.2) is 13.1 Å². The van der Waals surface area contributed by atoms with Crippen molar-refractivity contribution < 1.29 is 17.6 Å². The molecule has 0 fully saturated rings. The lowest BCUT2D eigenvalue weighted by Gasteiger charge is -2.15. The number of halogens is 4. The van der Waals surface area contributed by atoms with Gasteiger partial charge in [-0.15, -0.1) is 0 Å². The second kappa shape index (κ2) is 6.18. The second-order valence-electron chi connectivity index (χ2n) is 4.28. The summed E-state index contributed by atoms with van der Waals surface area (Å²) >= 11 is 0. The Hall–Kier alpha value is -1.10. The van der Waals surface area contributed by atoms with Gasteiger partial charge in [0.25, 0.3) is 0 Å². The number of nitrogens with one attached hydrogen (secondary N) is 1. The molecule has 1 nitrogen and oxygen atoms in total. The van der Waals surface area contributed by atoms with Gasteiger partial charge in [-0.05, 0) is 43.1 Å². The van der Waals surface area contributed by atoms with Gasteiger partial charge in [-0.3, -0.25) is 0 Å². The van der Waals surface area contributed by atoms with Gasteiger partial charge in [0.2, 0.25) is 0 Å². The first kappa shape index (κ1) is 15.0. The first-order valence-electron chi connectivity index (χ1n) is 5.93. The van der Waals surface area contributed by atoms with E-state index < -0.39 is 17.6 Å². The molecule has 0 saturated carbocycles. The highest BCUT2D eigenvalue weighted by atomic mass is 19.4. The maximum absolute atomic E-state index is 13.1. The fourth-order valence-corrected chi connectivity index (χ4v) is 1.73. The number of hydrogen-bond acceptors (Lipinski definition) is 1. The fourth-order valence-electron chi connectivity index (χ4n) is 1.73. The van der Waals surface area contributed by atoms with Crippen LogP contribution in [0.5, 0.6) is 0 Å². The van der Waals surface area contributed by atoms with Crippen LogP contribution in [-0.2, 0) is 6.18 Å². The molecule has 102 valence electrons. The summed E-state index contributed by atoms with van der Waals surface area (Å²) in [7, 11) is 0. The Morgan fingerprint density at radius 1 is 1.28 bits per heavy atom. The van der Waals surface area contributed by atoms with Crippen LogP contribution in [0.3, 0.4) is 0 Å². The zero-order chi connectivity index (χ0) is 13.8. The Labute approximate surface area is 104 Å². The minimum absolute atomic E-state index is 0.0363. The van der Waals surface area contributed by atoms with Crippen molar-refractivity contribution in [3.63, 3.8) is 0 Å². The predicted octanol–water partition coefficient (Wildman–Crippen LogP) is 3.95. The summed E-state index contributed by atoms with van der Waals surface area (Å²) in [6, 6.07) is 3.22. The molecule has 1 rings (SSSR count). The summed E-state index contributed by atoms with van der Waals surface area (Å²) < 4.78 is 50.7. The first-order valence-corrected chi connectivity index (χ1v) is 5.93. The van der Waals surface area contributed by atoms with E-state index in [0.29, 0.717) is 5.56 Å². The van der Waals surface area contributed by atoms with E-state index in [1.807, 2.05) is 13.8 Å². The Bertz CT molecular complexity index is 387. The number of rotatable bonds is 5. The van der Waals surface area contributed by atoms with Gasteiger partial charge in [-0.1, -0.05) is 19.9 Å². The average molecular weight is 263 g/mol. The van der Waals surface area contributed by atoms with Gasteiger partial charge in [0.05, 0.1) is 5.56 Å². The van der Waals surface area contributed by atoms with Crippen molar-refractivity contribution in [1.29, 1.82) is 0 Å². The van der Waals surface area contributed by atoms with Crippen molar-refractivity contribution in [2.45, 2.75) is 32.4 Å². The maximum atomic E-state index is 13.1. The monoisotopic (exact) mass is 263 g/mol. The topological polar surface area (TPSA) is 12.0 Å². The van der Waals surface area contributed by atoms with Crippen molar-refractivity contribution in [1.82, 2.24) is 5.32 Å². The van der Waals surface area contributed by atoms with Crippen molar-refractivity contribution >= 4 is 0 Å². The molecule has 1 unspecified atom stereocenters. The summed E-state index contributed by atoms with van der Waals surface area (Å²) in [6.45, 7) is 5.36. The van der Waals surface area contributed by atoms with Crippen LogP contribution in [0, 0.1) is 5.82 Å². The zero-order valence-corrected chi connectivity index (χ0v) is 10.4. The van der Waals surface area contributed by atoms with E-state index in [1.165, 1.54) is 6.07 Å². The maximum Gasteiger partial charge on any atom is 0.419 e. The molecule has 0 aromatic heterocycles. The van der Waals surface area contributed by atoms with Gasteiger partial charge in [-0.2, -0.15) is 13.2 Å². The molecule has 0 radical (unpaired) electrons. The van der Waals surface area contributed by atoms with Crippen LogP contribution in [0.2, 0.25) is 0 Å². The summed E-state index contributed by atoms with van der Waals surface area (Å²) in [6.07, 6.45) is -3.92. The Morgan fingerprint density at radius 3 is 2.50 bits per heavy atom. The van der Waals surface area contributed by atoms with Gasteiger partial charge in [0.15, 0.2) is 0 Å². The third-order valence-electron chi connectivity index (χ3n) is 2.87. The smallest absolute Gasteiger partial charge is 0.317 e. The van der Waals surface area contributed by atoms with E-state index in [4.69, 9.17) is 0 Å². The van der Waals surface area contributed by atoms with Crippen LogP contribution in [0.4, 0.5) is 17.6 Å². The molecule has 5 heteroatoms. The van der Waals surface area contributed by atoms with E-state index in [-0.39, 0.29) is 5.92 Å². The Kier molecular flexibility index (Phi) is 5.14. The average Bonchev–Trinajstić information content (AvgIpc) is 2.28. The summed E-state index contributed by atoms with van der Waals surface area (Å²) in [5.41, 5.74) is -0.670. The highest BCUT2D eigenvalue weighted by molar-refractivity contribution is 5.29. The van der Waals surface area contributed by atoms with E-state index in [2.05, 4.69) is 5.32 Å². The highest BCUT2D eigenvalue weighted by Crippen LogP contribution is 2.33. The molecule has 0 spiro atoms. The molecule has 1 N–H and O–H groups in total. The van der Waals surface area contributed by atoms with E-state index in [1.54, 1.807) is 0 Å². The van der Waals surface area contributed by atoms with E-state index >= 15 is 0 Å². The zero-order valence-electron chi connectivity index (χ0n) is 10.4. The van der Waals surface area contributed by atoms with Crippen molar-refractivity contribution in [3.05, 3.63) is 35.1 Å². The minimum atomic E-state index is -4.64. The van der Waals surface area contributed by atoms with Crippen molar-refractivity contribution in [2.75, 3.05) is 13.1 Å². The molecule has 1 aromatic carbocycles. The summed E-state index contributed by atoms with van der Waals surface area (Å²) in [5.74, 6) is -1.25. The molecule has 18 heavy (non-hydrogen) atoms. The van der Waals surface area contributed by atoms with Crippen LogP contribution in [0.1, 0.15) is 37.3 Å². The van der Waals surface area contributed by atoms with Gasteiger partial charge in [0, 0.05) is 0 Å². The Balaban J connectivity index is 2.84. The second-order valence-corrected chi connectivity index (χ2v) is 4.28. The standard InChI is InChI=1S/C13H17F4N/c1-3-18-7-6-9(2)10-4-5-12(14)11(8-10)13(15,16)17/h4-5,8-9,18H,3,6-7H2,1-2H3. The molecule has 0 amide bonds. The quantitative estimate of drug-likeness (QED) is 0.626. The van der Waals surface area contributed by atoms with E-state index in [9.17, 15) is 17.6 Å². The normalized spacial score (nSPS) is 13.7. The van der Waals surface area contributed by atoms with E-state index in [0.717, 1.165) is 31.6 Å². The van der Waals surface area contributed by atoms with Gasteiger partial charge in [0.1, 0.15) is 5.82 Å². The minimum Gasteiger partial charge on any atom is -0.317 e. The molecule has 1 aromatic rings. The molecule has 0 aliphatic carbocycles. The van der Waals surface area contributed by atoms with Gasteiger partial charge < -0.3 is 5.32 Å². The summed E-state index contributed by atoms with van der Waals surface area (Å²) in [5, 5.41) is 3.11. The lowest BCUT2D eigenvalue weighted by Crippen LogP contribution is -2.16. The number of hydrogen-bond donors (Lipinski definition) is 1. The molecule has 1 atom stereocenters.